The van der Waals surface area contributed by atoms with E-state index in [9.17, 15) is 20.4 Å². The highest BCUT2D eigenvalue weighted by molar-refractivity contribution is 5.23. The quantitative estimate of drug-likeness (QED) is 0.377. The number of pyridine rings is 1. The number of aliphatic hydroxyl groups excluding tert-OH is 3. The molecule has 4 saturated carbocycles. The lowest BCUT2D eigenvalue weighted by Gasteiger charge is -2.64. The summed E-state index contributed by atoms with van der Waals surface area (Å²) < 4.78 is 5.99. The molecule has 5 rings (SSSR count). The van der Waals surface area contributed by atoms with Gasteiger partial charge in [-0.2, -0.15) is 0 Å². The molecule has 4 aliphatic carbocycles. The average molecular weight is 516 g/mol. The number of ether oxygens (including phenoxy) is 1. The van der Waals surface area contributed by atoms with Crippen LogP contribution in [-0.2, 0) is 0 Å². The van der Waals surface area contributed by atoms with Crippen LogP contribution >= 0.6 is 0 Å². The normalized spacial score (nSPS) is 44.1. The third kappa shape index (κ3) is 4.64. The summed E-state index contributed by atoms with van der Waals surface area (Å²) in [6.07, 6.45) is 9.25. The van der Waals surface area contributed by atoms with Gasteiger partial charge in [0.2, 0.25) is 0 Å². The molecule has 37 heavy (non-hydrogen) atoms. The first-order valence-corrected chi connectivity index (χ1v) is 14.9. The van der Waals surface area contributed by atoms with Gasteiger partial charge in [0.05, 0.1) is 24.5 Å². The van der Waals surface area contributed by atoms with Crippen molar-refractivity contribution in [2.45, 2.75) is 104 Å². The second-order valence-corrected chi connectivity index (χ2v) is 13.5. The first kappa shape index (κ1) is 27.4. The molecule has 0 radical (unpaired) electrons. The van der Waals surface area contributed by atoms with Crippen LogP contribution < -0.4 is 4.74 Å². The third-order valence-corrected chi connectivity index (χ3v) is 12.0. The number of nitrogens with zero attached hydrogens (tertiary/aromatic N) is 1. The zero-order valence-corrected chi connectivity index (χ0v) is 23.2. The highest BCUT2D eigenvalue weighted by Crippen LogP contribution is 2.69. The molecule has 6 nitrogen and oxygen atoms in total. The number of hydrogen-bond acceptors (Lipinski definition) is 6. The van der Waals surface area contributed by atoms with E-state index < -0.39 is 6.29 Å². The molecule has 4 aliphatic rings. The highest BCUT2D eigenvalue weighted by atomic mass is 16.5. The van der Waals surface area contributed by atoms with Crippen LogP contribution in [0.5, 0.6) is 5.75 Å². The van der Waals surface area contributed by atoms with Crippen molar-refractivity contribution in [2.24, 2.45) is 52.3 Å². The van der Waals surface area contributed by atoms with Gasteiger partial charge in [-0.25, -0.2) is 0 Å². The maximum atomic E-state index is 11.9. The second-order valence-electron chi connectivity index (χ2n) is 13.5. The van der Waals surface area contributed by atoms with Crippen LogP contribution in [0.15, 0.2) is 18.3 Å². The summed E-state index contributed by atoms with van der Waals surface area (Å²) >= 11 is 0. The van der Waals surface area contributed by atoms with Crippen molar-refractivity contribution in [1.82, 2.24) is 4.98 Å². The minimum absolute atomic E-state index is 0.198. The van der Waals surface area contributed by atoms with Gasteiger partial charge >= 0.3 is 0 Å². The Morgan fingerprint density at radius 1 is 1.03 bits per heavy atom. The van der Waals surface area contributed by atoms with Crippen LogP contribution in [-0.4, -0.2) is 44.2 Å². The Labute approximate surface area is 222 Å². The largest absolute Gasteiger partial charge is 0.493 e. The Kier molecular flexibility index (Phi) is 7.69. The number of aliphatic hydroxyl groups is 4. The van der Waals surface area contributed by atoms with E-state index in [2.05, 4.69) is 32.7 Å². The minimum Gasteiger partial charge on any atom is -0.493 e. The van der Waals surface area contributed by atoms with E-state index >= 15 is 0 Å². The van der Waals surface area contributed by atoms with Crippen molar-refractivity contribution in [1.29, 1.82) is 0 Å². The average Bonchev–Trinajstić information content (AvgIpc) is 3.22. The van der Waals surface area contributed by atoms with Gasteiger partial charge in [-0.05, 0) is 110 Å². The van der Waals surface area contributed by atoms with Gasteiger partial charge in [-0.1, -0.05) is 34.1 Å². The Morgan fingerprint density at radius 3 is 2.49 bits per heavy atom. The maximum Gasteiger partial charge on any atom is 0.196 e. The summed E-state index contributed by atoms with van der Waals surface area (Å²) in [5, 5.41) is 41.1. The molecule has 0 saturated heterocycles. The molecule has 1 aromatic heterocycles. The summed E-state index contributed by atoms with van der Waals surface area (Å²) in [5.74, 6) is 4.04. The lowest BCUT2D eigenvalue weighted by Crippen LogP contribution is -2.62. The van der Waals surface area contributed by atoms with E-state index in [1.807, 2.05) is 0 Å². The number of rotatable bonds is 7. The van der Waals surface area contributed by atoms with Gasteiger partial charge in [0.15, 0.2) is 6.29 Å². The predicted octanol–water partition coefficient (Wildman–Crippen LogP) is 5.10. The number of fused-ring (bicyclic) bond motifs is 5. The molecule has 0 unspecified atom stereocenters. The van der Waals surface area contributed by atoms with Gasteiger partial charge < -0.3 is 25.2 Å². The topological polar surface area (TPSA) is 103 Å². The molecule has 0 bridgehead atoms. The fourth-order valence-electron chi connectivity index (χ4n) is 10.2. The summed E-state index contributed by atoms with van der Waals surface area (Å²) in [4.78, 5) is 3.97. The van der Waals surface area contributed by atoms with E-state index in [0.717, 1.165) is 32.1 Å². The standard InChI is InChI=1S/C31H49NO5/c1-5-21-25-16-19(33)8-12-31(25,4)24-9-13-30(3)22(6-7-23(30)27(24)28(21)34)18(2)11-15-37-20-10-14-32-26(17-20)29(35)36/h10,14,17-19,21-25,27-29,33-36H,5-9,11-13,15-16H2,1-4H3/t18-,19-,21-,22-,23+,24+,25+,27+,28-,30-,31-/m1/s1. The Morgan fingerprint density at radius 2 is 1.76 bits per heavy atom. The Hall–Kier alpha value is -1.21. The zero-order chi connectivity index (χ0) is 26.5. The fourth-order valence-corrected chi connectivity index (χ4v) is 10.2. The van der Waals surface area contributed by atoms with E-state index in [-0.39, 0.29) is 28.7 Å². The van der Waals surface area contributed by atoms with Crippen molar-refractivity contribution in [2.75, 3.05) is 6.61 Å². The molecule has 4 N–H and O–H groups in total. The number of aromatic nitrogens is 1. The highest BCUT2D eigenvalue weighted by Gasteiger charge is 2.64. The fraction of sp³-hybridized carbons (Fsp3) is 0.839. The molecule has 208 valence electrons. The monoisotopic (exact) mass is 515 g/mol. The molecule has 0 aromatic carbocycles. The van der Waals surface area contributed by atoms with Crippen molar-refractivity contribution in [3.8, 4) is 5.75 Å². The molecule has 0 aliphatic heterocycles. The van der Waals surface area contributed by atoms with Crippen molar-refractivity contribution < 1.29 is 25.2 Å². The molecule has 6 heteroatoms. The molecule has 0 spiro atoms. The molecule has 1 heterocycles. The molecule has 11 atom stereocenters. The van der Waals surface area contributed by atoms with E-state index in [1.54, 1.807) is 18.3 Å². The van der Waals surface area contributed by atoms with Crippen LogP contribution in [0.2, 0.25) is 0 Å². The van der Waals surface area contributed by atoms with Crippen LogP contribution in [0.4, 0.5) is 0 Å². The summed E-state index contributed by atoms with van der Waals surface area (Å²) in [6, 6.07) is 3.35. The van der Waals surface area contributed by atoms with E-state index in [1.165, 1.54) is 25.7 Å². The van der Waals surface area contributed by atoms with Crippen LogP contribution in [0.25, 0.3) is 0 Å². The van der Waals surface area contributed by atoms with Gasteiger partial charge in [0, 0.05) is 12.3 Å². The van der Waals surface area contributed by atoms with Crippen LogP contribution in [0.1, 0.15) is 97.5 Å². The van der Waals surface area contributed by atoms with Gasteiger partial charge in [-0.15, -0.1) is 0 Å². The molecule has 4 fully saturated rings. The lowest BCUT2D eigenvalue weighted by atomic mass is 9.41. The number of hydrogen-bond donors (Lipinski definition) is 4. The molecule has 1 aromatic rings. The first-order chi connectivity index (χ1) is 17.6. The molecular weight excluding hydrogens is 466 g/mol. The second kappa shape index (κ2) is 10.4. The van der Waals surface area contributed by atoms with Gasteiger partial charge in [0.1, 0.15) is 5.75 Å². The predicted molar refractivity (Wildman–Crippen MR) is 142 cm³/mol. The van der Waals surface area contributed by atoms with E-state index in [4.69, 9.17) is 4.74 Å². The van der Waals surface area contributed by atoms with Crippen molar-refractivity contribution >= 4 is 0 Å². The molecule has 0 amide bonds. The Balaban J connectivity index is 1.28. The zero-order valence-electron chi connectivity index (χ0n) is 23.2. The van der Waals surface area contributed by atoms with Crippen molar-refractivity contribution in [3.05, 3.63) is 24.0 Å². The van der Waals surface area contributed by atoms with Crippen LogP contribution in [0.3, 0.4) is 0 Å². The SMILES string of the molecule is CC[C@H]1[C@@H](O)[C@@H]2[C@H](CC[C@]3(C)[C@@H]([C@H](C)CCOc4ccnc(C(O)O)c4)CC[C@@H]23)[C@@]2(C)CC[C@@H](O)C[C@@H]12. The maximum absolute atomic E-state index is 11.9. The van der Waals surface area contributed by atoms with Gasteiger partial charge in [0.25, 0.3) is 0 Å². The third-order valence-electron chi connectivity index (χ3n) is 12.0. The lowest BCUT2D eigenvalue weighted by molar-refractivity contribution is -0.203. The molecular formula is C31H49NO5. The summed E-state index contributed by atoms with van der Waals surface area (Å²) in [6.45, 7) is 10.2. The minimum atomic E-state index is -1.59. The van der Waals surface area contributed by atoms with Crippen LogP contribution in [0, 0.1) is 52.3 Å². The summed E-state index contributed by atoms with van der Waals surface area (Å²) in [5.41, 5.74) is 0.698. The first-order valence-electron chi connectivity index (χ1n) is 14.9. The van der Waals surface area contributed by atoms with Gasteiger partial charge in [-0.3, -0.25) is 4.98 Å². The smallest absolute Gasteiger partial charge is 0.196 e. The summed E-state index contributed by atoms with van der Waals surface area (Å²) in [7, 11) is 0. The Bertz CT molecular complexity index is 940. The van der Waals surface area contributed by atoms with Crippen molar-refractivity contribution in [3.63, 3.8) is 0 Å². The van der Waals surface area contributed by atoms with E-state index in [0.29, 0.717) is 53.8 Å².